The molecule has 1 aliphatic rings. The molecule has 0 spiro atoms. The van der Waals surface area contributed by atoms with Crippen molar-refractivity contribution in [2.24, 2.45) is 0 Å². The van der Waals surface area contributed by atoms with E-state index in [4.69, 9.17) is 9.52 Å². The zero-order chi connectivity index (χ0) is 15.5. The van der Waals surface area contributed by atoms with Gasteiger partial charge in [0.2, 0.25) is 0 Å². The lowest BCUT2D eigenvalue weighted by Gasteiger charge is -2.25. The van der Waals surface area contributed by atoms with Crippen molar-refractivity contribution in [1.29, 1.82) is 0 Å². The summed E-state index contributed by atoms with van der Waals surface area (Å²) in [6.07, 6.45) is 2.12. The van der Waals surface area contributed by atoms with Crippen LogP contribution in [0.15, 0.2) is 41.0 Å². The number of furan rings is 1. The SMILES string of the molecule is O=C(O)c1coc(C(=O)NCC2SCCc3ccccc32)c1. The second kappa shape index (κ2) is 6.27. The third-order valence-electron chi connectivity index (χ3n) is 3.61. The molecule has 2 N–H and O–H groups in total. The molecule has 0 bridgehead atoms. The average molecular weight is 317 g/mol. The Morgan fingerprint density at radius 2 is 2.18 bits per heavy atom. The van der Waals surface area contributed by atoms with E-state index in [0.29, 0.717) is 6.54 Å². The molecule has 1 amide bonds. The van der Waals surface area contributed by atoms with Crippen molar-refractivity contribution < 1.29 is 19.1 Å². The number of hydrogen-bond donors (Lipinski definition) is 2. The number of aryl methyl sites for hydroxylation is 1. The summed E-state index contributed by atoms with van der Waals surface area (Å²) >= 11 is 1.81. The predicted octanol–water partition coefficient (Wildman–Crippen LogP) is 2.74. The Morgan fingerprint density at radius 3 is 2.95 bits per heavy atom. The minimum Gasteiger partial charge on any atom is -0.478 e. The van der Waals surface area contributed by atoms with Crippen LogP contribution in [0.4, 0.5) is 0 Å². The average Bonchev–Trinajstić information content (AvgIpc) is 3.03. The maximum atomic E-state index is 12.0. The fourth-order valence-corrected chi connectivity index (χ4v) is 3.72. The van der Waals surface area contributed by atoms with Crippen molar-refractivity contribution in [3.8, 4) is 0 Å². The highest BCUT2D eigenvalue weighted by Gasteiger charge is 2.22. The molecule has 0 fully saturated rings. The fraction of sp³-hybridized carbons (Fsp3) is 0.250. The molecule has 5 nitrogen and oxygen atoms in total. The van der Waals surface area contributed by atoms with Gasteiger partial charge in [-0.05, 0) is 23.3 Å². The van der Waals surface area contributed by atoms with E-state index in [9.17, 15) is 9.59 Å². The Kier molecular flexibility index (Phi) is 4.20. The third kappa shape index (κ3) is 3.01. The quantitative estimate of drug-likeness (QED) is 0.906. The first kappa shape index (κ1) is 14.7. The minimum atomic E-state index is -1.11. The molecule has 1 atom stereocenters. The number of amides is 1. The zero-order valence-electron chi connectivity index (χ0n) is 11.7. The van der Waals surface area contributed by atoms with Gasteiger partial charge in [-0.2, -0.15) is 11.8 Å². The molecule has 114 valence electrons. The lowest BCUT2D eigenvalue weighted by molar-refractivity contribution is 0.0696. The molecule has 1 aliphatic heterocycles. The van der Waals surface area contributed by atoms with Crippen molar-refractivity contribution >= 4 is 23.6 Å². The molecule has 1 aromatic carbocycles. The summed E-state index contributed by atoms with van der Waals surface area (Å²) in [7, 11) is 0. The molecule has 1 aromatic heterocycles. The highest BCUT2D eigenvalue weighted by atomic mass is 32.2. The minimum absolute atomic E-state index is 0.0199. The Balaban J connectivity index is 1.65. The Bertz CT molecular complexity index is 710. The van der Waals surface area contributed by atoms with Crippen LogP contribution in [0, 0.1) is 0 Å². The largest absolute Gasteiger partial charge is 0.478 e. The van der Waals surface area contributed by atoms with Gasteiger partial charge in [0, 0.05) is 17.9 Å². The first-order valence-corrected chi connectivity index (χ1v) is 7.99. The van der Waals surface area contributed by atoms with Crippen LogP contribution < -0.4 is 5.32 Å². The molecule has 22 heavy (non-hydrogen) atoms. The van der Waals surface area contributed by atoms with E-state index in [2.05, 4.69) is 17.4 Å². The number of hydrogen-bond acceptors (Lipinski definition) is 4. The van der Waals surface area contributed by atoms with Gasteiger partial charge in [-0.25, -0.2) is 4.79 Å². The molecule has 0 saturated carbocycles. The molecule has 0 saturated heterocycles. The van der Waals surface area contributed by atoms with E-state index in [1.807, 2.05) is 23.9 Å². The number of thioether (sulfide) groups is 1. The van der Waals surface area contributed by atoms with Crippen molar-refractivity contribution in [3.05, 3.63) is 59.0 Å². The molecular formula is C16H15NO4S. The van der Waals surface area contributed by atoms with Gasteiger partial charge in [-0.15, -0.1) is 0 Å². The van der Waals surface area contributed by atoms with Gasteiger partial charge in [0.25, 0.3) is 5.91 Å². The first-order chi connectivity index (χ1) is 10.6. The van der Waals surface area contributed by atoms with Crippen molar-refractivity contribution in [3.63, 3.8) is 0 Å². The number of carbonyl (C=O) groups excluding carboxylic acids is 1. The van der Waals surface area contributed by atoms with E-state index in [-0.39, 0.29) is 16.6 Å². The van der Waals surface area contributed by atoms with Gasteiger partial charge in [-0.3, -0.25) is 4.79 Å². The first-order valence-electron chi connectivity index (χ1n) is 6.94. The van der Waals surface area contributed by atoms with Gasteiger partial charge >= 0.3 is 5.97 Å². The van der Waals surface area contributed by atoms with Crippen LogP contribution in [-0.4, -0.2) is 29.3 Å². The standard InChI is InChI=1S/C16H15NO4S/c18-15(13-7-11(9-21-13)16(19)20)17-8-14-12-4-2-1-3-10(12)5-6-22-14/h1-4,7,9,14H,5-6,8H2,(H,17,18)(H,19,20). The molecule has 1 unspecified atom stereocenters. The van der Waals surface area contributed by atoms with E-state index in [1.54, 1.807) is 0 Å². The number of fused-ring (bicyclic) bond motifs is 1. The molecule has 0 aliphatic carbocycles. The molecule has 2 heterocycles. The highest BCUT2D eigenvalue weighted by molar-refractivity contribution is 7.99. The predicted molar refractivity (Wildman–Crippen MR) is 83.3 cm³/mol. The fourth-order valence-electron chi connectivity index (χ4n) is 2.49. The molecule has 0 radical (unpaired) electrons. The summed E-state index contributed by atoms with van der Waals surface area (Å²) in [5.41, 5.74) is 2.55. The normalized spacial score (nSPS) is 16.8. The smallest absolute Gasteiger partial charge is 0.338 e. The van der Waals surface area contributed by atoms with Crippen LogP contribution in [0.5, 0.6) is 0 Å². The summed E-state index contributed by atoms with van der Waals surface area (Å²) in [5.74, 6) is -0.455. The second-order valence-corrected chi connectivity index (χ2v) is 6.33. The Morgan fingerprint density at radius 1 is 1.36 bits per heavy atom. The maximum absolute atomic E-state index is 12.0. The van der Waals surface area contributed by atoms with E-state index < -0.39 is 11.9 Å². The molecule has 2 aromatic rings. The summed E-state index contributed by atoms with van der Waals surface area (Å²) in [4.78, 5) is 22.8. The van der Waals surface area contributed by atoms with Crippen molar-refractivity contribution in [2.45, 2.75) is 11.7 Å². The third-order valence-corrected chi connectivity index (χ3v) is 4.87. The number of nitrogens with one attached hydrogen (secondary N) is 1. The van der Waals surface area contributed by atoms with E-state index in [1.165, 1.54) is 17.2 Å². The number of carboxylic acids is 1. The Hall–Kier alpha value is -2.21. The summed E-state index contributed by atoms with van der Waals surface area (Å²) in [6, 6.07) is 9.48. The highest BCUT2D eigenvalue weighted by Crippen LogP contribution is 2.35. The number of aromatic carboxylic acids is 1. The number of carbonyl (C=O) groups is 2. The lowest BCUT2D eigenvalue weighted by atomic mass is 10.0. The van der Waals surface area contributed by atoms with Crippen molar-refractivity contribution in [1.82, 2.24) is 5.32 Å². The van der Waals surface area contributed by atoms with Crippen LogP contribution in [0.25, 0.3) is 0 Å². The number of rotatable bonds is 4. The zero-order valence-corrected chi connectivity index (χ0v) is 12.6. The van der Waals surface area contributed by atoms with Crippen LogP contribution in [0.3, 0.4) is 0 Å². The number of benzene rings is 1. The summed E-state index contributed by atoms with van der Waals surface area (Å²) in [5, 5.41) is 11.9. The molecule has 3 rings (SSSR count). The number of carboxylic acid groups (broad SMARTS) is 1. The van der Waals surface area contributed by atoms with Crippen LogP contribution in [0.1, 0.15) is 37.3 Å². The second-order valence-electron chi connectivity index (χ2n) is 5.02. The van der Waals surface area contributed by atoms with Gasteiger partial charge in [0.1, 0.15) is 6.26 Å². The van der Waals surface area contributed by atoms with Crippen LogP contribution in [-0.2, 0) is 6.42 Å². The van der Waals surface area contributed by atoms with Crippen LogP contribution in [0.2, 0.25) is 0 Å². The monoisotopic (exact) mass is 317 g/mol. The van der Waals surface area contributed by atoms with Crippen LogP contribution >= 0.6 is 11.8 Å². The van der Waals surface area contributed by atoms with Gasteiger partial charge < -0.3 is 14.8 Å². The summed E-state index contributed by atoms with van der Waals surface area (Å²) < 4.78 is 5.00. The topological polar surface area (TPSA) is 79.5 Å². The van der Waals surface area contributed by atoms with Gasteiger partial charge in [0.05, 0.1) is 5.56 Å². The van der Waals surface area contributed by atoms with Gasteiger partial charge in [-0.1, -0.05) is 24.3 Å². The summed E-state index contributed by atoms with van der Waals surface area (Å²) in [6.45, 7) is 0.490. The van der Waals surface area contributed by atoms with E-state index >= 15 is 0 Å². The van der Waals surface area contributed by atoms with E-state index in [0.717, 1.165) is 18.4 Å². The molecule has 6 heteroatoms. The van der Waals surface area contributed by atoms with Crippen molar-refractivity contribution in [2.75, 3.05) is 12.3 Å². The Labute approximate surface area is 131 Å². The lowest BCUT2D eigenvalue weighted by Crippen LogP contribution is -2.28. The maximum Gasteiger partial charge on any atom is 0.338 e. The molecular weight excluding hydrogens is 302 g/mol. The van der Waals surface area contributed by atoms with Gasteiger partial charge in [0.15, 0.2) is 5.76 Å².